The predicted octanol–water partition coefficient (Wildman–Crippen LogP) is 1.37. The van der Waals surface area contributed by atoms with Gasteiger partial charge in [0, 0.05) is 20.0 Å². The average molecular weight is 294 g/mol. The number of carbonyl (C=O) groups excluding carboxylic acids is 1. The smallest absolute Gasteiger partial charge is 0.240 e. The van der Waals surface area contributed by atoms with E-state index in [1.807, 2.05) is 41.8 Å². The summed E-state index contributed by atoms with van der Waals surface area (Å²) in [5, 5.41) is 3.06. The summed E-state index contributed by atoms with van der Waals surface area (Å²) in [5.74, 6) is 1.50. The van der Waals surface area contributed by atoms with Crippen molar-refractivity contribution < 1.29 is 4.79 Å². The van der Waals surface area contributed by atoms with Gasteiger partial charge in [0.25, 0.3) is 0 Å². The summed E-state index contributed by atoms with van der Waals surface area (Å²) in [6.45, 7) is 8.01. The second-order valence-electron chi connectivity index (χ2n) is 5.78. The average Bonchev–Trinajstić information content (AvgIpc) is 2.43. The third-order valence-electron chi connectivity index (χ3n) is 3.36. The summed E-state index contributed by atoms with van der Waals surface area (Å²) in [4.78, 5) is 26.5. The van der Waals surface area contributed by atoms with Crippen molar-refractivity contribution in [1.82, 2.24) is 15.0 Å². The Morgan fingerprint density at radius 2 is 1.86 bits per heavy atom. The van der Waals surface area contributed by atoms with Crippen LogP contribution in [0.5, 0.6) is 0 Å². The third-order valence-corrected chi connectivity index (χ3v) is 3.36. The van der Waals surface area contributed by atoms with E-state index in [-0.39, 0.29) is 11.8 Å². The number of nitrogens with two attached hydrogens (primary N) is 1. The van der Waals surface area contributed by atoms with Crippen molar-refractivity contribution in [2.24, 2.45) is 11.7 Å². The summed E-state index contributed by atoms with van der Waals surface area (Å²) in [6, 6.07) is -0.493. The molecule has 1 amide bonds. The monoisotopic (exact) mass is 294 g/mol. The molecule has 1 aromatic rings. The van der Waals surface area contributed by atoms with Gasteiger partial charge in [-0.15, -0.1) is 0 Å². The molecule has 0 saturated heterocycles. The third kappa shape index (κ3) is 4.54. The first-order valence-corrected chi connectivity index (χ1v) is 7.25. The summed E-state index contributed by atoms with van der Waals surface area (Å²) in [6.07, 6.45) is 0.837. The summed E-state index contributed by atoms with van der Waals surface area (Å²) in [5.41, 5.74) is 5.47. The van der Waals surface area contributed by atoms with E-state index in [2.05, 4.69) is 20.3 Å². The zero-order valence-corrected chi connectivity index (χ0v) is 13.7. The van der Waals surface area contributed by atoms with Crippen LogP contribution in [0.3, 0.4) is 0 Å². The van der Waals surface area contributed by atoms with Crippen LogP contribution in [0.25, 0.3) is 0 Å². The van der Waals surface area contributed by atoms with E-state index in [0.717, 1.165) is 6.42 Å². The van der Waals surface area contributed by atoms with Crippen LogP contribution in [0.4, 0.5) is 11.9 Å². The Morgan fingerprint density at radius 3 is 2.29 bits per heavy atom. The van der Waals surface area contributed by atoms with Crippen molar-refractivity contribution >= 4 is 17.8 Å². The number of nitrogens with one attached hydrogen (secondary N) is 1. The van der Waals surface area contributed by atoms with Gasteiger partial charge in [0.15, 0.2) is 0 Å². The molecule has 0 aliphatic rings. The molecule has 0 spiro atoms. The van der Waals surface area contributed by atoms with Crippen molar-refractivity contribution in [2.45, 2.75) is 46.1 Å². The Hall–Kier alpha value is -1.92. The Morgan fingerprint density at radius 1 is 1.24 bits per heavy atom. The lowest BCUT2D eigenvalue weighted by Crippen LogP contribution is -2.41. The summed E-state index contributed by atoms with van der Waals surface area (Å²) in [7, 11) is 3.73. The van der Waals surface area contributed by atoms with Crippen molar-refractivity contribution in [3.05, 3.63) is 5.82 Å². The van der Waals surface area contributed by atoms with E-state index in [0.29, 0.717) is 17.7 Å². The highest BCUT2D eigenvalue weighted by Gasteiger charge is 2.23. The molecule has 21 heavy (non-hydrogen) atoms. The van der Waals surface area contributed by atoms with Gasteiger partial charge in [-0.25, -0.2) is 0 Å². The molecule has 2 unspecified atom stereocenters. The number of hydrogen-bond donors (Lipinski definition) is 2. The van der Waals surface area contributed by atoms with E-state index in [9.17, 15) is 4.79 Å². The number of nitrogens with zero attached hydrogens (tertiary/aromatic N) is 4. The lowest BCUT2D eigenvalue weighted by atomic mass is 9.99. The minimum absolute atomic E-state index is 0.101. The number of amides is 1. The van der Waals surface area contributed by atoms with Crippen LogP contribution in [0, 0.1) is 5.92 Å². The molecular weight excluding hydrogens is 268 g/mol. The maximum absolute atomic E-state index is 11.6. The maximum atomic E-state index is 11.6. The summed E-state index contributed by atoms with van der Waals surface area (Å²) >= 11 is 0. The second-order valence-corrected chi connectivity index (χ2v) is 5.78. The van der Waals surface area contributed by atoms with Gasteiger partial charge in [-0.05, 0) is 5.92 Å². The van der Waals surface area contributed by atoms with E-state index >= 15 is 0 Å². The topological polar surface area (TPSA) is 97.0 Å². The zero-order valence-electron chi connectivity index (χ0n) is 13.7. The van der Waals surface area contributed by atoms with Crippen LogP contribution >= 0.6 is 0 Å². The molecule has 0 saturated carbocycles. The van der Waals surface area contributed by atoms with Gasteiger partial charge in [0.05, 0.1) is 0 Å². The number of aromatic nitrogens is 3. The zero-order chi connectivity index (χ0) is 16.2. The molecule has 118 valence electrons. The number of anilines is 2. The van der Waals surface area contributed by atoms with Gasteiger partial charge in [0.2, 0.25) is 17.8 Å². The van der Waals surface area contributed by atoms with Crippen LogP contribution in [0.15, 0.2) is 0 Å². The molecule has 0 aliphatic carbocycles. The second kappa shape index (κ2) is 7.19. The van der Waals surface area contributed by atoms with Crippen LogP contribution < -0.4 is 16.0 Å². The molecule has 1 aromatic heterocycles. The highest BCUT2D eigenvalue weighted by Crippen LogP contribution is 2.17. The molecule has 0 fully saturated rings. The van der Waals surface area contributed by atoms with Gasteiger partial charge >= 0.3 is 0 Å². The summed E-state index contributed by atoms with van der Waals surface area (Å²) < 4.78 is 0. The molecule has 1 rings (SSSR count). The van der Waals surface area contributed by atoms with Gasteiger partial charge in [-0.3, -0.25) is 4.79 Å². The molecule has 3 N–H and O–H groups in total. The van der Waals surface area contributed by atoms with Crippen LogP contribution in [0.2, 0.25) is 0 Å². The Bertz CT molecular complexity index is 462. The fraction of sp³-hybridized carbons (Fsp3) is 0.714. The number of carbonyl (C=O) groups is 1. The van der Waals surface area contributed by atoms with Gasteiger partial charge < -0.3 is 16.0 Å². The van der Waals surface area contributed by atoms with Crippen molar-refractivity contribution in [3.63, 3.8) is 0 Å². The fourth-order valence-electron chi connectivity index (χ4n) is 1.77. The molecule has 0 bridgehead atoms. The fourth-order valence-corrected chi connectivity index (χ4v) is 1.77. The van der Waals surface area contributed by atoms with Crippen molar-refractivity contribution in [2.75, 3.05) is 24.3 Å². The lowest BCUT2D eigenvalue weighted by molar-refractivity contribution is -0.119. The highest BCUT2D eigenvalue weighted by atomic mass is 16.1. The molecule has 0 aromatic carbocycles. The van der Waals surface area contributed by atoms with E-state index in [1.165, 1.54) is 0 Å². The lowest BCUT2D eigenvalue weighted by Gasteiger charge is -2.22. The maximum Gasteiger partial charge on any atom is 0.240 e. The first kappa shape index (κ1) is 17.1. The molecule has 0 radical (unpaired) electrons. The van der Waals surface area contributed by atoms with Crippen molar-refractivity contribution in [1.29, 1.82) is 0 Å². The van der Waals surface area contributed by atoms with E-state index in [1.54, 1.807) is 4.90 Å². The Labute approximate surface area is 126 Å². The number of rotatable bonds is 7. The molecule has 2 atom stereocenters. The van der Waals surface area contributed by atoms with E-state index < -0.39 is 11.9 Å². The molecule has 7 heteroatoms. The van der Waals surface area contributed by atoms with Crippen LogP contribution in [-0.4, -0.2) is 41.0 Å². The predicted molar refractivity (Wildman–Crippen MR) is 84.3 cm³/mol. The van der Waals surface area contributed by atoms with Crippen molar-refractivity contribution in [3.8, 4) is 0 Å². The minimum Gasteiger partial charge on any atom is -0.368 e. The number of primary amides is 1. The molecule has 7 nitrogen and oxygen atoms in total. The highest BCUT2D eigenvalue weighted by molar-refractivity contribution is 5.82. The first-order chi connectivity index (χ1) is 9.76. The first-order valence-electron chi connectivity index (χ1n) is 7.25. The van der Waals surface area contributed by atoms with Crippen LogP contribution in [-0.2, 0) is 4.79 Å². The molecule has 1 heterocycles. The largest absolute Gasteiger partial charge is 0.368 e. The molecular formula is C14H26N6O. The Kier molecular flexibility index (Phi) is 5.87. The quantitative estimate of drug-likeness (QED) is 0.788. The Balaban J connectivity index is 3.13. The minimum atomic E-state index is -0.493. The van der Waals surface area contributed by atoms with Gasteiger partial charge in [0.1, 0.15) is 11.9 Å². The normalized spacial score (nSPS) is 13.9. The van der Waals surface area contributed by atoms with Gasteiger partial charge in [-0.2, -0.15) is 15.0 Å². The van der Waals surface area contributed by atoms with Gasteiger partial charge in [-0.1, -0.05) is 34.1 Å². The number of hydrogen-bond acceptors (Lipinski definition) is 6. The van der Waals surface area contributed by atoms with E-state index in [4.69, 9.17) is 5.73 Å². The SMILES string of the molecule is CCC(C)C(Nc1nc(C(C)C)nc(N(C)C)n1)C(N)=O. The van der Waals surface area contributed by atoms with Crippen LogP contribution in [0.1, 0.15) is 45.9 Å². The standard InChI is InChI=1S/C14H26N6O/c1-7-9(4)10(11(15)21)16-13-17-12(8(2)3)18-14(19-13)20(5)6/h8-10H,7H2,1-6H3,(H2,15,21)(H,16,17,18,19). The molecule has 0 aliphatic heterocycles.